The number of ether oxygens (including phenoxy) is 6. The van der Waals surface area contributed by atoms with E-state index in [4.69, 9.17) is 38.6 Å². The molecule has 14 nitrogen and oxygen atoms in total. The Kier molecular flexibility index (Phi) is 56.5. The van der Waals surface area contributed by atoms with Gasteiger partial charge in [0.25, 0.3) is 0 Å². The third-order valence-corrected chi connectivity index (χ3v) is 32.5. The minimum absolute atomic E-state index is 0. The zero-order chi connectivity index (χ0) is 108. The maximum absolute atomic E-state index is 13.9. The summed E-state index contributed by atoms with van der Waals surface area (Å²) in [4.78, 5) is 1.64. The molecule has 0 saturated heterocycles. The Bertz CT molecular complexity index is 5910. The molecule has 0 radical (unpaired) electrons. The van der Waals surface area contributed by atoms with Crippen LogP contribution in [0.5, 0.6) is 40.2 Å². The van der Waals surface area contributed by atoms with Crippen molar-refractivity contribution in [1.82, 2.24) is 0 Å². The van der Waals surface area contributed by atoms with Crippen LogP contribution in [0.4, 0.5) is 17.6 Å². The van der Waals surface area contributed by atoms with E-state index in [0.29, 0.717) is 54.3 Å². The van der Waals surface area contributed by atoms with E-state index in [1.165, 1.54) is 130 Å². The highest BCUT2D eigenvalue weighted by atomic mass is 127. The van der Waals surface area contributed by atoms with Crippen molar-refractivity contribution in [3.05, 3.63) is 405 Å². The van der Waals surface area contributed by atoms with Crippen LogP contribution in [-0.4, -0.2) is 61.9 Å². The molecule has 0 aromatic heterocycles. The zero-order valence-corrected chi connectivity index (χ0v) is 96.3. The second-order valence-corrected chi connectivity index (χ2v) is 46.8. The van der Waals surface area contributed by atoms with Crippen LogP contribution in [-0.2, 0) is 58.0 Å². The molecule has 1 aliphatic rings. The van der Waals surface area contributed by atoms with Crippen molar-refractivity contribution in [2.45, 2.75) is 312 Å². The Balaban J connectivity index is 0.000000302. The highest BCUT2D eigenvalue weighted by Gasteiger charge is 2.32. The number of hydrogen-bond donors (Lipinski definition) is 2. The van der Waals surface area contributed by atoms with Crippen LogP contribution in [0.15, 0.2) is 334 Å². The molecule has 1 aliphatic carbocycles. The van der Waals surface area contributed by atoms with E-state index in [2.05, 4.69) is 299 Å². The van der Waals surface area contributed by atoms with E-state index in [-0.39, 0.29) is 86.9 Å². The van der Waals surface area contributed by atoms with Gasteiger partial charge in [0.05, 0.1) is 22.4 Å². The van der Waals surface area contributed by atoms with E-state index < -0.39 is 54.2 Å². The number of halogens is 5. The van der Waals surface area contributed by atoms with E-state index in [0.717, 1.165) is 73.0 Å². The first-order valence-corrected chi connectivity index (χ1v) is 57.6. The molecule has 2 N–H and O–H groups in total. The van der Waals surface area contributed by atoms with Gasteiger partial charge in [-0.1, -0.05) is 321 Å². The molecule has 0 spiro atoms. The lowest BCUT2D eigenvalue weighted by atomic mass is 9.87. The van der Waals surface area contributed by atoms with E-state index in [1.54, 1.807) is 48.5 Å². The average Bonchev–Trinajstić information content (AvgIpc) is 0.763. The van der Waals surface area contributed by atoms with Gasteiger partial charge in [-0.05, 0) is 314 Å². The summed E-state index contributed by atoms with van der Waals surface area (Å²) in [6.07, 6.45) is 14.4. The lowest BCUT2D eigenvalue weighted by Gasteiger charge is -2.22. The average molecular weight is 2210 g/mol. The molecule has 0 bridgehead atoms. The van der Waals surface area contributed by atoms with E-state index in [9.17, 15) is 43.5 Å². The van der Waals surface area contributed by atoms with E-state index in [1.807, 2.05) is 83.1 Å². The minimum Gasteiger partial charge on any atom is -0.744 e. The Morgan fingerprint density at radius 1 is 0.369 bits per heavy atom. The molecule has 149 heavy (non-hydrogen) atoms. The SMILES string of the molecule is CC(C)(C)c1ccc([I+]c2ccc(C(C)(C)C)cc2)cc1.CCC(C)c1ccc(O)cc1.CCC(C)c1ccc(O)cc1.CCC(C)c1ccc(OC(C)OCCC2CCCCC2)cc1.CCC(C)c1ccc(OCc2ccc(S(=O)(=O)[O-])cc2)cc1.CCC(C)c1ccc(Oc2c(F)c(F)c(S(=O)(=O)[O-])c(F)c2F)cc1.CCOC(C)Oc1ccc(C(C)CC)cc1.[CH3-].[CH3-].c1ccc([S+](c2ccccc2)c2ccccc2)cc1. The van der Waals surface area contributed by atoms with Gasteiger partial charge in [0.2, 0.25) is 17.4 Å². The van der Waals surface area contributed by atoms with Crippen LogP contribution in [0.2, 0.25) is 0 Å². The Morgan fingerprint density at radius 3 is 0.966 bits per heavy atom. The van der Waals surface area contributed by atoms with Gasteiger partial charge in [0.1, 0.15) is 66.2 Å². The fraction of sp³-hybridized carbons (Fsp3) is 0.370. The molecule has 14 rings (SSSR count). The quantitative estimate of drug-likeness (QED) is 0.00731. The minimum atomic E-state index is -5.75. The topological polar surface area (TPSA) is 210 Å². The second-order valence-electron chi connectivity index (χ2n) is 39.0. The summed E-state index contributed by atoms with van der Waals surface area (Å²) in [5, 5.41) is 18.0. The van der Waals surface area contributed by atoms with Gasteiger partial charge in [-0.25, -0.2) is 25.6 Å². The first kappa shape index (κ1) is 129. The van der Waals surface area contributed by atoms with Gasteiger partial charge in [-0.15, -0.1) is 0 Å². The Labute approximate surface area is 904 Å². The molecule has 808 valence electrons. The van der Waals surface area contributed by atoms with Crippen LogP contribution in [0.25, 0.3) is 0 Å². The molecule has 8 atom stereocenters. The second kappa shape index (κ2) is 65.4. The van der Waals surface area contributed by atoms with Gasteiger partial charge in [0.15, 0.2) is 46.0 Å². The Morgan fingerprint density at radius 2 is 0.671 bits per heavy atom. The monoisotopic (exact) mass is 2210 g/mol. The molecule has 8 unspecified atom stereocenters. The van der Waals surface area contributed by atoms with Crippen molar-refractivity contribution in [2.75, 3.05) is 13.2 Å². The van der Waals surface area contributed by atoms with Crippen molar-refractivity contribution < 1.29 is 103 Å². The summed E-state index contributed by atoms with van der Waals surface area (Å²) >= 11 is -0.0703. The molecule has 0 amide bonds. The molecular weight excluding hydrogens is 2050 g/mol. The smallest absolute Gasteiger partial charge is 0.357 e. The third kappa shape index (κ3) is 44.6. The van der Waals surface area contributed by atoms with Crippen LogP contribution >= 0.6 is 0 Å². The van der Waals surface area contributed by atoms with Gasteiger partial charge in [-0.3, -0.25) is 0 Å². The summed E-state index contributed by atoms with van der Waals surface area (Å²) < 4.78 is 156. The fourth-order valence-electron chi connectivity index (χ4n) is 15.3. The number of phenols is 2. The van der Waals surface area contributed by atoms with Gasteiger partial charge < -0.3 is 62.6 Å². The molecule has 1 saturated carbocycles. The molecule has 0 heterocycles. The fourth-order valence-corrected chi connectivity index (χ4v) is 20.6. The van der Waals surface area contributed by atoms with Crippen LogP contribution in [0.1, 0.15) is 308 Å². The number of hydrogen-bond acceptors (Lipinski definition) is 14. The van der Waals surface area contributed by atoms with Gasteiger partial charge >= 0.3 is 21.2 Å². The highest BCUT2D eigenvalue weighted by molar-refractivity contribution is 7.97. The largest absolute Gasteiger partial charge is 0.744 e. The standard InChI is InChI=1S/C20H26I.C20H32O2.C18H15S.C17H20O4S.C16H14F4O4S.C14H22O2.2C10H14O.2CH3/c1-19(2,3)15-7-11-17(12-8-15)21-18-13-9-16(10-14-18)20(4,5)6;1-4-16(2)19-10-12-20(13-11-19)22-17(3)21-15-14-18-8-6-5-7-9-18;1-4-10-16(11-5-1)19(17-12-6-2-7-13-17)18-14-8-3-9-15-18;1-3-13(2)15-6-8-16(9-7-15)21-12-14-4-10-17(11-5-14)22(18,19)20;1-3-8(2)9-4-6-10(7-5-9)24-15-11(17)13(19)16(25(21,22)23)14(20)12(15)18;1-5-11(3)13-7-9-14(10-8-13)16-12(4)15-6-2;2*1-3-8(2)9-4-6-10(11)7-5-9;;/h7-14H,1-6H3;10-13,16-18H,4-9,14-15H2,1-3H3;1-15H;4-11,13H,3,12H2,1-2H3,(H,18,19,20);4-8H,3H2,1-2H3,(H,21,22,23);7-12H,5-6H2,1-4H3;2*4-8,11H,3H2,1-2H3;2*1H3/q+1;;+1;;;;;;2*-1/p-2. The normalized spacial score (nSPS) is 13.4. The number of phenolic OH excluding ortho intramolecular Hbond substituents is 2. The summed E-state index contributed by atoms with van der Waals surface area (Å²) in [6, 6.07) is 102. The lowest BCUT2D eigenvalue weighted by molar-refractivity contribution is -0.597. The van der Waals surface area contributed by atoms with E-state index >= 15 is 0 Å². The molecule has 13 aromatic rings. The maximum atomic E-state index is 13.9. The van der Waals surface area contributed by atoms with Crippen LogP contribution < -0.4 is 40.2 Å². The van der Waals surface area contributed by atoms with Crippen molar-refractivity contribution >= 4 is 31.1 Å². The molecular formula is C127H161F4IO14S3-2. The highest BCUT2D eigenvalue weighted by Crippen LogP contribution is 2.38. The first-order valence-electron chi connectivity index (χ1n) is 51.4. The summed E-state index contributed by atoms with van der Waals surface area (Å²) in [5.74, 6) is -3.25. The Hall–Kier alpha value is -10.8. The maximum Gasteiger partial charge on any atom is 0.357 e. The van der Waals surface area contributed by atoms with Crippen molar-refractivity contribution in [3.8, 4) is 40.2 Å². The van der Waals surface area contributed by atoms with Crippen LogP contribution in [0, 0.1) is 51.2 Å². The summed E-state index contributed by atoms with van der Waals surface area (Å²) in [6.45, 7) is 47.1. The van der Waals surface area contributed by atoms with Crippen molar-refractivity contribution in [1.29, 1.82) is 0 Å². The number of rotatable bonds is 34. The molecule has 0 aliphatic heterocycles. The first-order chi connectivity index (χ1) is 69.9. The van der Waals surface area contributed by atoms with Crippen LogP contribution in [0.3, 0.4) is 0 Å². The van der Waals surface area contributed by atoms with Gasteiger partial charge in [0, 0.05) is 6.61 Å². The summed E-state index contributed by atoms with van der Waals surface area (Å²) in [5.41, 5.74) is 11.6. The molecule has 1 fully saturated rings. The number of benzene rings is 13. The third-order valence-electron chi connectivity index (χ3n) is 25.8. The zero-order valence-electron chi connectivity index (χ0n) is 91.7. The van der Waals surface area contributed by atoms with Gasteiger partial charge in [-0.2, -0.15) is 8.78 Å². The predicted octanol–water partition coefficient (Wildman–Crippen LogP) is 31.9. The molecule has 22 heteroatoms. The predicted molar refractivity (Wildman–Crippen MR) is 598 cm³/mol. The number of aromatic hydroxyl groups is 2. The molecule has 13 aromatic carbocycles. The van der Waals surface area contributed by atoms with Crippen molar-refractivity contribution in [2.24, 2.45) is 5.92 Å². The van der Waals surface area contributed by atoms with Crippen molar-refractivity contribution in [3.63, 3.8) is 0 Å². The lowest BCUT2D eigenvalue weighted by Crippen LogP contribution is -3.61. The summed E-state index contributed by atoms with van der Waals surface area (Å²) in [7, 11) is -10.2.